The van der Waals surface area contributed by atoms with Crippen molar-refractivity contribution in [3.8, 4) is 0 Å². The number of rotatable bonds is 6. The molecule has 1 amide bonds. The molecule has 2 aromatic rings. The van der Waals surface area contributed by atoms with E-state index in [0.29, 0.717) is 0 Å². The second-order valence-electron chi connectivity index (χ2n) is 8.58. The molecule has 30 heavy (non-hydrogen) atoms. The number of nitrogens with one attached hydrogen (secondary N) is 1. The molecule has 2 saturated heterocycles. The third kappa shape index (κ3) is 5.41. The molecule has 2 aliphatic rings. The van der Waals surface area contributed by atoms with Gasteiger partial charge in [0.05, 0.1) is 6.10 Å². The molecule has 5 nitrogen and oxygen atoms in total. The van der Waals surface area contributed by atoms with Gasteiger partial charge in [0.15, 0.2) is 0 Å². The molecule has 2 aromatic carbocycles. The molecular weight excluding hydrogens is 374 g/mol. The fourth-order valence-corrected chi connectivity index (χ4v) is 4.49. The molecule has 2 N–H and O–H groups in total. The van der Waals surface area contributed by atoms with Crippen LogP contribution < -0.4 is 5.32 Å². The van der Waals surface area contributed by atoms with Crippen LogP contribution in [0, 0.1) is 0 Å². The van der Waals surface area contributed by atoms with Gasteiger partial charge in [-0.25, -0.2) is 0 Å². The van der Waals surface area contributed by atoms with Gasteiger partial charge in [-0.1, -0.05) is 42.5 Å². The smallest absolute Gasteiger partial charge is 0.249 e. The van der Waals surface area contributed by atoms with Gasteiger partial charge < -0.3 is 15.3 Å². The lowest BCUT2D eigenvalue weighted by Gasteiger charge is -2.31. The fraction of sp³-hybridized carbons (Fsp3) is 0.480. The zero-order valence-electron chi connectivity index (χ0n) is 17.7. The first-order valence-electron chi connectivity index (χ1n) is 11.3. The summed E-state index contributed by atoms with van der Waals surface area (Å²) < 4.78 is 0. The standard InChI is InChI=1S/C25H33N3O2/c29-23-12-16-27(17-13-23)19-20-8-7-11-22(18-20)26-24(21-9-3-1-4-10-21)25(30)28-14-5-2-6-15-28/h1,3-4,7-11,18,23-24,26,29H,2,5-6,12-17,19H2. The molecule has 0 saturated carbocycles. The van der Waals surface area contributed by atoms with Crippen LogP contribution in [0.3, 0.4) is 0 Å². The Morgan fingerprint density at radius 2 is 1.70 bits per heavy atom. The van der Waals surface area contributed by atoms with Gasteiger partial charge in [0.2, 0.25) is 5.91 Å². The third-order valence-corrected chi connectivity index (χ3v) is 6.25. The van der Waals surface area contributed by atoms with Crippen molar-refractivity contribution in [1.29, 1.82) is 0 Å². The van der Waals surface area contributed by atoms with E-state index in [1.165, 1.54) is 12.0 Å². The number of amides is 1. The first-order valence-corrected chi connectivity index (χ1v) is 11.3. The van der Waals surface area contributed by atoms with Crippen LogP contribution in [0.5, 0.6) is 0 Å². The average molecular weight is 408 g/mol. The number of benzene rings is 2. The van der Waals surface area contributed by atoms with E-state index in [9.17, 15) is 9.90 Å². The molecule has 5 heteroatoms. The SMILES string of the molecule is O=C(C(Nc1cccc(CN2CCC(O)CC2)c1)c1ccccc1)N1CCCCC1. The second kappa shape index (κ2) is 10.1. The van der Waals surface area contributed by atoms with Crippen LogP contribution in [0.1, 0.15) is 49.3 Å². The van der Waals surface area contributed by atoms with Crippen LogP contribution in [0.2, 0.25) is 0 Å². The first-order chi connectivity index (χ1) is 14.7. The van der Waals surface area contributed by atoms with Crippen molar-refractivity contribution in [1.82, 2.24) is 9.80 Å². The molecule has 0 radical (unpaired) electrons. The number of hydrogen-bond donors (Lipinski definition) is 2. The summed E-state index contributed by atoms with van der Waals surface area (Å²) in [7, 11) is 0. The van der Waals surface area contributed by atoms with Crippen LogP contribution in [-0.4, -0.2) is 53.1 Å². The van der Waals surface area contributed by atoms with Gasteiger partial charge in [-0.3, -0.25) is 9.69 Å². The van der Waals surface area contributed by atoms with Gasteiger partial charge >= 0.3 is 0 Å². The minimum absolute atomic E-state index is 0.151. The molecule has 0 spiro atoms. The maximum atomic E-state index is 13.4. The Labute approximate surface area is 179 Å². The summed E-state index contributed by atoms with van der Waals surface area (Å²) in [6, 6.07) is 18.1. The van der Waals surface area contributed by atoms with Crippen molar-refractivity contribution in [2.75, 3.05) is 31.5 Å². The number of carbonyl (C=O) groups is 1. The van der Waals surface area contributed by atoms with Gasteiger partial charge in [0.1, 0.15) is 6.04 Å². The van der Waals surface area contributed by atoms with E-state index in [2.05, 4.69) is 28.4 Å². The highest BCUT2D eigenvalue weighted by Crippen LogP contribution is 2.25. The van der Waals surface area contributed by atoms with Crippen molar-refractivity contribution in [2.45, 2.75) is 50.8 Å². The summed E-state index contributed by atoms with van der Waals surface area (Å²) in [6.07, 6.45) is 4.93. The maximum absolute atomic E-state index is 13.4. The number of anilines is 1. The second-order valence-corrected chi connectivity index (χ2v) is 8.58. The predicted octanol–water partition coefficient (Wildman–Crippen LogP) is 3.81. The molecule has 0 aromatic heterocycles. The Kier molecular flexibility index (Phi) is 7.03. The molecule has 1 unspecified atom stereocenters. The van der Waals surface area contributed by atoms with Crippen molar-refractivity contribution in [3.05, 3.63) is 65.7 Å². The lowest BCUT2D eigenvalue weighted by molar-refractivity contribution is -0.133. The van der Waals surface area contributed by atoms with Crippen molar-refractivity contribution < 1.29 is 9.90 Å². The average Bonchev–Trinajstić information content (AvgIpc) is 2.80. The van der Waals surface area contributed by atoms with E-state index in [4.69, 9.17) is 0 Å². The Bertz CT molecular complexity index is 812. The van der Waals surface area contributed by atoms with Gasteiger partial charge in [-0.05, 0) is 55.4 Å². The number of aliphatic hydroxyl groups excluding tert-OH is 1. The van der Waals surface area contributed by atoms with E-state index in [-0.39, 0.29) is 18.1 Å². The van der Waals surface area contributed by atoms with Gasteiger partial charge in [-0.2, -0.15) is 0 Å². The summed E-state index contributed by atoms with van der Waals surface area (Å²) in [5.41, 5.74) is 3.21. The number of likely N-dealkylation sites (tertiary alicyclic amines) is 2. The molecule has 0 bridgehead atoms. The van der Waals surface area contributed by atoms with Crippen molar-refractivity contribution in [3.63, 3.8) is 0 Å². The van der Waals surface area contributed by atoms with Crippen molar-refractivity contribution >= 4 is 11.6 Å². The van der Waals surface area contributed by atoms with E-state index < -0.39 is 0 Å². The van der Waals surface area contributed by atoms with Crippen LogP contribution in [0.4, 0.5) is 5.69 Å². The molecule has 1 atom stereocenters. The van der Waals surface area contributed by atoms with E-state index in [1.54, 1.807) is 0 Å². The highest BCUT2D eigenvalue weighted by molar-refractivity contribution is 5.86. The lowest BCUT2D eigenvalue weighted by Crippen LogP contribution is -2.41. The summed E-state index contributed by atoms with van der Waals surface area (Å²) in [5, 5.41) is 13.3. The first kappa shape index (κ1) is 20.9. The maximum Gasteiger partial charge on any atom is 0.249 e. The number of nitrogens with zero attached hydrogens (tertiary/aromatic N) is 2. The molecule has 160 valence electrons. The molecule has 2 aliphatic heterocycles. The van der Waals surface area contributed by atoms with Crippen LogP contribution in [-0.2, 0) is 11.3 Å². The van der Waals surface area contributed by atoms with Crippen molar-refractivity contribution in [2.24, 2.45) is 0 Å². The summed E-state index contributed by atoms with van der Waals surface area (Å²) in [6.45, 7) is 4.44. The van der Waals surface area contributed by atoms with Crippen LogP contribution >= 0.6 is 0 Å². The number of carbonyl (C=O) groups excluding carboxylic acids is 1. The topological polar surface area (TPSA) is 55.8 Å². The van der Waals surface area contributed by atoms with Gasteiger partial charge in [0.25, 0.3) is 0 Å². The molecule has 0 aliphatic carbocycles. The zero-order chi connectivity index (χ0) is 20.8. The van der Waals surface area contributed by atoms with E-state index in [0.717, 1.165) is 69.7 Å². The Morgan fingerprint density at radius 3 is 2.43 bits per heavy atom. The summed E-state index contributed by atoms with van der Waals surface area (Å²) >= 11 is 0. The Hall–Kier alpha value is -2.37. The quantitative estimate of drug-likeness (QED) is 0.765. The van der Waals surface area contributed by atoms with E-state index in [1.807, 2.05) is 41.3 Å². The minimum atomic E-state index is -0.371. The highest BCUT2D eigenvalue weighted by Gasteiger charge is 2.27. The molecular formula is C25H33N3O2. The molecule has 2 fully saturated rings. The zero-order valence-corrected chi connectivity index (χ0v) is 17.7. The predicted molar refractivity (Wildman–Crippen MR) is 120 cm³/mol. The number of piperidine rings is 2. The normalized spacial score (nSPS) is 19.4. The Balaban J connectivity index is 1.49. The largest absolute Gasteiger partial charge is 0.393 e. The minimum Gasteiger partial charge on any atom is -0.393 e. The third-order valence-electron chi connectivity index (χ3n) is 6.25. The van der Waals surface area contributed by atoms with Crippen LogP contribution in [0.15, 0.2) is 54.6 Å². The summed E-state index contributed by atoms with van der Waals surface area (Å²) in [5.74, 6) is 0.163. The van der Waals surface area contributed by atoms with Gasteiger partial charge in [0, 0.05) is 38.4 Å². The molecule has 2 heterocycles. The van der Waals surface area contributed by atoms with Gasteiger partial charge in [-0.15, -0.1) is 0 Å². The number of aliphatic hydroxyl groups is 1. The summed E-state index contributed by atoms with van der Waals surface area (Å²) in [4.78, 5) is 17.8. The monoisotopic (exact) mass is 407 g/mol. The lowest BCUT2D eigenvalue weighted by atomic mass is 10.0. The molecule has 4 rings (SSSR count). The van der Waals surface area contributed by atoms with E-state index >= 15 is 0 Å². The highest BCUT2D eigenvalue weighted by atomic mass is 16.3. The Morgan fingerprint density at radius 1 is 0.967 bits per heavy atom. The van der Waals surface area contributed by atoms with Crippen LogP contribution in [0.25, 0.3) is 0 Å². The fourth-order valence-electron chi connectivity index (χ4n) is 4.49. The number of hydrogen-bond acceptors (Lipinski definition) is 4.